The van der Waals surface area contributed by atoms with E-state index in [1.54, 1.807) is 10.8 Å². The molecule has 3 heterocycles. The molecule has 2 aromatic heterocycles. The van der Waals surface area contributed by atoms with E-state index in [2.05, 4.69) is 56.0 Å². The Morgan fingerprint density at radius 3 is 2.84 bits per heavy atom. The first-order chi connectivity index (χ1) is 12.3. The van der Waals surface area contributed by atoms with E-state index in [-0.39, 0.29) is 0 Å². The SMILES string of the molecule is Cc1cc(NCC(c2ccccc2)C2CCNCC2)n2ncnc2n1. The summed E-state index contributed by atoms with van der Waals surface area (Å²) < 4.78 is 1.78. The van der Waals surface area contributed by atoms with E-state index in [0.29, 0.717) is 17.6 Å². The second-order valence-corrected chi connectivity index (χ2v) is 6.74. The van der Waals surface area contributed by atoms with E-state index in [0.717, 1.165) is 31.1 Å². The summed E-state index contributed by atoms with van der Waals surface area (Å²) >= 11 is 0. The molecule has 1 unspecified atom stereocenters. The van der Waals surface area contributed by atoms with Gasteiger partial charge in [-0.3, -0.25) is 0 Å². The molecule has 4 rings (SSSR count). The molecule has 0 bridgehead atoms. The van der Waals surface area contributed by atoms with Crippen molar-refractivity contribution in [3.63, 3.8) is 0 Å². The molecule has 6 nitrogen and oxygen atoms in total. The number of anilines is 1. The summed E-state index contributed by atoms with van der Waals surface area (Å²) in [5.74, 6) is 2.76. The number of hydrogen-bond donors (Lipinski definition) is 2. The van der Waals surface area contributed by atoms with Crippen molar-refractivity contribution in [1.29, 1.82) is 0 Å². The maximum atomic E-state index is 4.41. The number of fused-ring (bicyclic) bond motifs is 1. The summed E-state index contributed by atoms with van der Waals surface area (Å²) in [6.45, 7) is 5.08. The normalized spacial score (nSPS) is 16.8. The van der Waals surface area contributed by atoms with Gasteiger partial charge in [0.25, 0.3) is 5.78 Å². The van der Waals surface area contributed by atoms with Gasteiger partial charge in [0.2, 0.25) is 0 Å². The first-order valence-corrected chi connectivity index (χ1v) is 8.98. The highest BCUT2D eigenvalue weighted by atomic mass is 15.3. The summed E-state index contributed by atoms with van der Waals surface area (Å²) in [7, 11) is 0. The molecule has 0 spiro atoms. The van der Waals surface area contributed by atoms with Crippen molar-refractivity contribution in [2.45, 2.75) is 25.7 Å². The van der Waals surface area contributed by atoms with Crippen LogP contribution in [0.25, 0.3) is 5.78 Å². The molecule has 2 N–H and O–H groups in total. The van der Waals surface area contributed by atoms with Crippen LogP contribution in [-0.4, -0.2) is 39.2 Å². The Kier molecular flexibility index (Phi) is 4.61. The van der Waals surface area contributed by atoms with Crippen molar-refractivity contribution < 1.29 is 0 Å². The van der Waals surface area contributed by atoms with Crippen molar-refractivity contribution in [3.05, 3.63) is 54.0 Å². The Labute approximate surface area is 147 Å². The van der Waals surface area contributed by atoms with Crippen LogP contribution in [0.15, 0.2) is 42.7 Å². The van der Waals surface area contributed by atoms with Gasteiger partial charge < -0.3 is 10.6 Å². The molecule has 0 radical (unpaired) electrons. The standard InChI is InChI=1S/C19H24N6/c1-14-11-18(25-19(24-14)22-13-23-25)21-12-17(15-5-3-2-4-6-15)16-7-9-20-10-8-16/h2-6,11,13,16-17,20-21H,7-10,12H2,1H3. The number of piperidine rings is 1. The lowest BCUT2D eigenvalue weighted by Gasteiger charge is -2.31. The summed E-state index contributed by atoms with van der Waals surface area (Å²) in [6.07, 6.45) is 3.99. The highest BCUT2D eigenvalue weighted by Crippen LogP contribution is 2.31. The maximum Gasteiger partial charge on any atom is 0.254 e. The number of rotatable bonds is 5. The Morgan fingerprint density at radius 1 is 1.24 bits per heavy atom. The summed E-state index contributed by atoms with van der Waals surface area (Å²) in [5.41, 5.74) is 2.35. The zero-order valence-corrected chi connectivity index (χ0v) is 14.5. The van der Waals surface area contributed by atoms with Crippen LogP contribution in [0.4, 0.5) is 5.82 Å². The molecule has 1 saturated heterocycles. The summed E-state index contributed by atoms with van der Waals surface area (Å²) in [6, 6.07) is 12.9. The zero-order chi connectivity index (χ0) is 17.1. The molecule has 1 aliphatic rings. The number of benzene rings is 1. The van der Waals surface area contributed by atoms with Gasteiger partial charge in [0, 0.05) is 24.2 Å². The van der Waals surface area contributed by atoms with Crippen molar-refractivity contribution in [2.75, 3.05) is 25.0 Å². The van der Waals surface area contributed by atoms with Gasteiger partial charge in [-0.2, -0.15) is 14.6 Å². The van der Waals surface area contributed by atoms with Crippen LogP contribution < -0.4 is 10.6 Å². The Bertz CT molecular complexity index is 822. The fraction of sp³-hybridized carbons (Fsp3) is 0.421. The van der Waals surface area contributed by atoms with Gasteiger partial charge in [0.05, 0.1) is 0 Å². The van der Waals surface area contributed by atoms with Crippen molar-refractivity contribution in [3.8, 4) is 0 Å². The first kappa shape index (κ1) is 16.0. The van der Waals surface area contributed by atoms with Gasteiger partial charge in [-0.25, -0.2) is 4.98 Å². The molecular formula is C19H24N6. The molecule has 6 heteroatoms. The molecule has 0 saturated carbocycles. The van der Waals surface area contributed by atoms with Crippen LogP contribution in [0.1, 0.15) is 30.0 Å². The third-order valence-corrected chi connectivity index (χ3v) is 5.06. The average Bonchev–Trinajstić information content (AvgIpc) is 3.12. The fourth-order valence-electron chi connectivity index (χ4n) is 3.77. The second-order valence-electron chi connectivity index (χ2n) is 6.74. The first-order valence-electron chi connectivity index (χ1n) is 8.98. The average molecular weight is 336 g/mol. The molecule has 1 aromatic carbocycles. The molecule has 0 aliphatic carbocycles. The summed E-state index contributed by atoms with van der Waals surface area (Å²) in [4.78, 5) is 8.62. The quantitative estimate of drug-likeness (QED) is 0.750. The molecule has 1 fully saturated rings. The lowest BCUT2D eigenvalue weighted by molar-refractivity contribution is 0.324. The lowest BCUT2D eigenvalue weighted by Crippen LogP contribution is -2.33. The molecule has 1 aliphatic heterocycles. The predicted molar refractivity (Wildman–Crippen MR) is 98.8 cm³/mol. The van der Waals surface area contributed by atoms with Gasteiger partial charge in [-0.15, -0.1) is 0 Å². The van der Waals surface area contributed by atoms with E-state index in [4.69, 9.17) is 0 Å². The summed E-state index contributed by atoms with van der Waals surface area (Å²) in [5, 5.41) is 11.4. The zero-order valence-electron chi connectivity index (χ0n) is 14.5. The highest BCUT2D eigenvalue weighted by molar-refractivity contribution is 5.45. The number of nitrogens with zero attached hydrogens (tertiary/aromatic N) is 4. The monoisotopic (exact) mass is 336 g/mol. The van der Waals surface area contributed by atoms with E-state index >= 15 is 0 Å². The van der Waals surface area contributed by atoms with Crippen molar-refractivity contribution >= 4 is 11.6 Å². The van der Waals surface area contributed by atoms with Gasteiger partial charge in [-0.1, -0.05) is 30.3 Å². The number of hydrogen-bond acceptors (Lipinski definition) is 5. The molecule has 3 aromatic rings. The van der Waals surface area contributed by atoms with E-state index in [1.165, 1.54) is 18.4 Å². The minimum Gasteiger partial charge on any atom is -0.369 e. The van der Waals surface area contributed by atoms with Gasteiger partial charge in [0.15, 0.2) is 0 Å². The minimum atomic E-state index is 0.482. The van der Waals surface area contributed by atoms with Crippen LogP contribution in [0.2, 0.25) is 0 Å². The van der Waals surface area contributed by atoms with E-state index in [1.807, 2.05) is 13.0 Å². The van der Waals surface area contributed by atoms with Crippen LogP contribution in [0.5, 0.6) is 0 Å². The Balaban J connectivity index is 1.59. The van der Waals surface area contributed by atoms with Crippen LogP contribution in [0.3, 0.4) is 0 Å². The van der Waals surface area contributed by atoms with Crippen molar-refractivity contribution in [1.82, 2.24) is 24.9 Å². The largest absolute Gasteiger partial charge is 0.369 e. The van der Waals surface area contributed by atoms with Gasteiger partial charge in [0.1, 0.15) is 12.1 Å². The number of aryl methyl sites for hydroxylation is 1. The fourth-order valence-corrected chi connectivity index (χ4v) is 3.77. The van der Waals surface area contributed by atoms with Crippen LogP contribution in [0, 0.1) is 12.8 Å². The van der Waals surface area contributed by atoms with Gasteiger partial charge in [-0.05, 0) is 44.3 Å². The minimum absolute atomic E-state index is 0.482. The van der Waals surface area contributed by atoms with E-state index in [9.17, 15) is 0 Å². The number of aromatic nitrogens is 4. The second kappa shape index (κ2) is 7.19. The van der Waals surface area contributed by atoms with Gasteiger partial charge >= 0.3 is 0 Å². The molecule has 25 heavy (non-hydrogen) atoms. The third-order valence-electron chi connectivity index (χ3n) is 5.06. The number of nitrogens with one attached hydrogen (secondary N) is 2. The predicted octanol–water partition coefficient (Wildman–Crippen LogP) is 2.63. The Morgan fingerprint density at radius 2 is 2.04 bits per heavy atom. The Hall–Kier alpha value is -2.47. The third kappa shape index (κ3) is 3.49. The van der Waals surface area contributed by atoms with Crippen molar-refractivity contribution in [2.24, 2.45) is 5.92 Å². The van der Waals surface area contributed by atoms with Crippen LogP contribution in [-0.2, 0) is 0 Å². The van der Waals surface area contributed by atoms with E-state index < -0.39 is 0 Å². The topological polar surface area (TPSA) is 67.1 Å². The molecule has 0 amide bonds. The molecule has 130 valence electrons. The molecule has 1 atom stereocenters. The molecular weight excluding hydrogens is 312 g/mol. The maximum absolute atomic E-state index is 4.41. The lowest BCUT2D eigenvalue weighted by atomic mass is 9.80. The highest BCUT2D eigenvalue weighted by Gasteiger charge is 2.25. The smallest absolute Gasteiger partial charge is 0.254 e. The van der Waals surface area contributed by atoms with Crippen LogP contribution >= 0.6 is 0 Å².